The zero-order chi connectivity index (χ0) is 22.0. The summed E-state index contributed by atoms with van der Waals surface area (Å²) in [6, 6.07) is 14.3. The van der Waals surface area contributed by atoms with Crippen molar-refractivity contribution in [2.24, 2.45) is 0 Å². The third-order valence-electron chi connectivity index (χ3n) is 6.45. The summed E-state index contributed by atoms with van der Waals surface area (Å²) in [6.07, 6.45) is 5.57. The lowest BCUT2D eigenvalue weighted by atomic mass is 9.80. The van der Waals surface area contributed by atoms with Gasteiger partial charge in [-0.3, -0.25) is 4.98 Å². The topological polar surface area (TPSA) is 45.2 Å². The third-order valence-corrected chi connectivity index (χ3v) is 6.70. The van der Waals surface area contributed by atoms with Gasteiger partial charge in [-0.2, -0.15) is 0 Å². The van der Waals surface area contributed by atoms with Crippen molar-refractivity contribution in [3.8, 4) is 0 Å². The van der Waals surface area contributed by atoms with Crippen molar-refractivity contribution in [3.05, 3.63) is 76.7 Å². The Morgan fingerprint density at radius 1 is 1.13 bits per heavy atom. The molecule has 1 aliphatic rings. The molecule has 1 heterocycles. The first-order valence-corrected chi connectivity index (χ1v) is 11.1. The Morgan fingerprint density at radius 2 is 1.84 bits per heavy atom. The van der Waals surface area contributed by atoms with Crippen molar-refractivity contribution in [2.45, 2.75) is 50.6 Å². The van der Waals surface area contributed by atoms with Gasteiger partial charge in [0.2, 0.25) is 0 Å². The number of nitrogens with zero attached hydrogens (tertiary/aromatic N) is 2. The predicted molar refractivity (Wildman–Crippen MR) is 123 cm³/mol. The van der Waals surface area contributed by atoms with Gasteiger partial charge in [-0.1, -0.05) is 23.7 Å². The molecule has 4 rings (SSSR count). The molecular formula is C25H27ClFN3O. The van der Waals surface area contributed by atoms with Gasteiger partial charge < -0.3 is 10.2 Å². The van der Waals surface area contributed by atoms with Gasteiger partial charge in [-0.25, -0.2) is 9.18 Å². The fraction of sp³-hybridized carbons (Fsp3) is 0.360. The maximum Gasteiger partial charge on any atom is 0.317 e. The Hall–Kier alpha value is -2.66. The van der Waals surface area contributed by atoms with Crippen LogP contribution in [0.1, 0.15) is 55.7 Å². The van der Waals surface area contributed by atoms with E-state index in [9.17, 15) is 9.18 Å². The largest absolute Gasteiger partial charge is 0.331 e. The van der Waals surface area contributed by atoms with Crippen LogP contribution in [0.5, 0.6) is 0 Å². The molecule has 0 saturated heterocycles. The van der Waals surface area contributed by atoms with E-state index in [0.29, 0.717) is 10.9 Å². The molecule has 0 unspecified atom stereocenters. The molecule has 2 aromatic carbocycles. The van der Waals surface area contributed by atoms with Gasteiger partial charge in [0.1, 0.15) is 5.82 Å². The van der Waals surface area contributed by atoms with Gasteiger partial charge in [-0.15, -0.1) is 0 Å². The van der Waals surface area contributed by atoms with E-state index in [1.165, 1.54) is 6.07 Å². The average Bonchev–Trinajstić information content (AvgIpc) is 2.78. The number of halogens is 2. The fourth-order valence-electron chi connectivity index (χ4n) is 4.56. The number of hydrogen-bond donors (Lipinski definition) is 1. The molecule has 162 valence electrons. The summed E-state index contributed by atoms with van der Waals surface area (Å²) in [4.78, 5) is 19.0. The van der Waals surface area contributed by atoms with Crippen molar-refractivity contribution in [1.82, 2.24) is 15.2 Å². The van der Waals surface area contributed by atoms with E-state index in [0.717, 1.165) is 47.7 Å². The zero-order valence-electron chi connectivity index (χ0n) is 17.8. The van der Waals surface area contributed by atoms with Gasteiger partial charge in [0.05, 0.1) is 11.6 Å². The number of carbonyl (C=O) groups excluding carboxylic acids is 1. The predicted octanol–water partition coefficient (Wildman–Crippen LogP) is 6.46. The number of nitrogens with one attached hydrogen (secondary N) is 1. The summed E-state index contributed by atoms with van der Waals surface area (Å²) in [5.41, 5.74) is 3.01. The molecule has 0 spiro atoms. The number of hydrogen-bond acceptors (Lipinski definition) is 2. The summed E-state index contributed by atoms with van der Waals surface area (Å²) in [7, 11) is 1.87. The zero-order valence-corrected chi connectivity index (χ0v) is 18.6. The molecule has 6 heteroatoms. The van der Waals surface area contributed by atoms with Crippen molar-refractivity contribution in [3.63, 3.8) is 0 Å². The number of carbonyl (C=O) groups is 1. The van der Waals surface area contributed by atoms with E-state index in [4.69, 9.17) is 11.6 Å². The highest BCUT2D eigenvalue weighted by Gasteiger charge is 2.28. The lowest BCUT2D eigenvalue weighted by Gasteiger charge is -2.35. The number of aromatic nitrogens is 1. The van der Waals surface area contributed by atoms with Crippen LogP contribution in [-0.2, 0) is 0 Å². The minimum absolute atomic E-state index is 0.0673. The highest BCUT2D eigenvalue weighted by atomic mass is 35.5. The minimum atomic E-state index is -0.235. The lowest BCUT2D eigenvalue weighted by molar-refractivity contribution is 0.167. The normalized spacial score (nSPS) is 19.7. The molecular weight excluding hydrogens is 413 g/mol. The monoisotopic (exact) mass is 439 g/mol. The molecule has 1 aromatic heterocycles. The second-order valence-corrected chi connectivity index (χ2v) is 8.84. The van der Waals surface area contributed by atoms with Crippen LogP contribution in [0.3, 0.4) is 0 Å². The molecule has 2 amide bonds. The number of rotatable bonds is 4. The first-order chi connectivity index (χ1) is 14.9. The average molecular weight is 440 g/mol. The molecule has 0 aliphatic heterocycles. The second-order valence-electron chi connectivity index (χ2n) is 8.40. The first kappa shape index (κ1) is 21.6. The van der Waals surface area contributed by atoms with Crippen LogP contribution < -0.4 is 5.32 Å². The summed E-state index contributed by atoms with van der Waals surface area (Å²) in [6.45, 7) is 1.97. The summed E-state index contributed by atoms with van der Waals surface area (Å²) in [5.74, 6) is 0.120. The maximum absolute atomic E-state index is 13.8. The maximum atomic E-state index is 13.8. The molecule has 4 nitrogen and oxygen atoms in total. The van der Waals surface area contributed by atoms with Crippen LogP contribution in [0, 0.1) is 5.82 Å². The van der Waals surface area contributed by atoms with Crippen LogP contribution in [-0.4, -0.2) is 29.0 Å². The third kappa shape index (κ3) is 4.82. The molecule has 1 saturated carbocycles. The van der Waals surface area contributed by atoms with Crippen LogP contribution >= 0.6 is 11.6 Å². The highest BCUT2D eigenvalue weighted by Crippen LogP contribution is 2.37. The Bertz CT molecular complexity index is 1060. The van der Waals surface area contributed by atoms with E-state index in [1.807, 2.05) is 49.2 Å². The number of fused-ring (bicyclic) bond motifs is 1. The van der Waals surface area contributed by atoms with Crippen molar-refractivity contribution < 1.29 is 9.18 Å². The van der Waals surface area contributed by atoms with Gasteiger partial charge in [-0.05, 0) is 86.1 Å². The van der Waals surface area contributed by atoms with Gasteiger partial charge in [0.15, 0.2) is 0 Å². The molecule has 1 fully saturated rings. The van der Waals surface area contributed by atoms with E-state index >= 15 is 0 Å². The molecule has 0 bridgehead atoms. The van der Waals surface area contributed by atoms with Crippen molar-refractivity contribution in [2.75, 3.05) is 7.05 Å². The molecule has 1 aliphatic carbocycles. The number of benzene rings is 2. The van der Waals surface area contributed by atoms with Crippen LogP contribution in [0.25, 0.3) is 10.9 Å². The van der Waals surface area contributed by atoms with Crippen LogP contribution in [0.15, 0.2) is 54.7 Å². The number of pyridine rings is 1. The smallest absolute Gasteiger partial charge is 0.317 e. The Labute approximate surface area is 187 Å². The summed E-state index contributed by atoms with van der Waals surface area (Å²) in [5, 5.41) is 4.66. The standard InChI is InChI=1S/C25H27ClFN3O/c1-16(17-3-7-19(26)8-4-17)29-25(31)30(2)21-10-5-18(6-11-21)22-13-14-28-24-12-9-20(27)15-23(22)24/h3-4,7-9,12-16,18,21H,5-6,10-11H2,1-2H3,(H,29,31)/t16-,18-,21-/m0/s1. The van der Waals surface area contributed by atoms with E-state index < -0.39 is 0 Å². The number of amides is 2. The molecule has 31 heavy (non-hydrogen) atoms. The Balaban J connectivity index is 1.38. The lowest BCUT2D eigenvalue weighted by Crippen LogP contribution is -2.45. The van der Waals surface area contributed by atoms with Crippen LogP contribution in [0.4, 0.5) is 9.18 Å². The van der Waals surface area contributed by atoms with Crippen LogP contribution in [0.2, 0.25) is 5.02 Å². The van der Waals surface area contributed by atoms with E-state index in [1.54, 1.807) is 18.3 Å². The SMILES string of the molecule is C[C@H](NC(=O)N(C)[C@H]1CC[C@H](c2ccnc3ccc(F)cc32)CC1)c1ccc(Cl)cc1. The Morgan fingerprint density at radius 3 is 2.55 bits per heavy atom. The van der Waals surface area contributed by atoms with Crippen molar-refractivity contribution in [1.29, 1.82) is 0 Å². The van der Waals surface area contributed by atoms with Gasteiger partial charge >= 0.3 is 6.03 Å². The minimum Gasteiger partial charge on any atom is -0.331 e. The number of urea groups is 1. The first-order valence-electron chi connectivity index (χ1n) is 10.8. The molecule has 3 aromatic rings. The van der Waals surface area contributed by atoms with E-state index in [2.05, 4.69) is 10.3 Å². The Kier molecular flexibility index (Phi) is 6.42. The molecule has 1 atom stereocenters. The quantitative estimate of drug-likeness (QED) is 0.507. The van der Waals surface area contributed by atoms with Crippen molar-refractivity contribution >= 4 is 28.5 Å². The highest BCUT2D eigenvalue weighted by molar-refractivity contribution is 6.30. The van der Waals surface area contributed by atoms with E-state index in [-0.39, 0.29) is 23.9 Å². The van der Waals surface area contributed by atoms with Gasteiger partial charge in [0, 0.05) is 29.7 Å². The second kappa shape index (κ2) is 9.23. The molecule has 0 radical (unpaired) electrons. The summed E-state index contributed by atoms with van der Waals surface area (Å²) >= 11 is 5.95. The fourth-order valence-corrected chi connectivity index (χ4v) is 4.68. The molecule has 1 N–H and O–H groups in total. The summed E-state index contributed by atoms with van der Waals surface area (Å²) < 4.78 is 13.8. The van der Waals surface area contributed by atoms with Gasteiger partial charge in [0.25, 0.3) is 0 Å².